The van der Waals surface area contributed by atoms with Gasteiger partial charge in [0, 0.05) is 49.3 Å². The number of pyridine rings is 1. The van der Waals surface area contributed by atoms with Gasteiger partial charge in [-0.25, -0.2) is 9.97 Å². The number of hydrogen-bond acceptors (Lipinski definition) is 5. The molecule has 0 amide bonds. The van der Waals surface area contributed by atoms with Crippen LogP contribution in [0.2, 0.25) is 0 Å². The Bertz CT molecular complexity index is 739. The number of rotatable bonds is 3. The Morgan fingerprint density at radius 1 is 1.04 bits per heavy atom. The highest BCUT2D eigenvalue weighted by atomic mass is 19.4. The first-order chi connectivity index (χ1) is 11.9. The number of hydrogen-bond donors (Lipinski definition) is 0. The van der Waals surface area contributed by atoms with Gasteiger partial charge in [0.2, 0.25) is 0 Å². The number of alkyl halides is 3. The van der Waals surface area contributed by atoms with Crippen molar-refractivity contribution in [2.24, 2.45) is 0 Å². The number of halogens is 3. The molecule has 134 valence electrons. The molecule has 2 aromatic heterocycles. The number of aryl methyl sites for hydroxylation is 1. The van der Waals surface area contributed by atoms with Crippen LogP contribution >= 0.6 is 0 Å². The van der Waals surface area contributed by atoms with Gasteiger partial charge in [-0.3, -0.25) is 4.98 Å². The highest BCUT2D eigenvalue weighted by Gasteiger charge is 2.33. The minimum atomic E-state index is -4.42. The van der Waals surface area contributed by atoms with E-state index in [-0.39, 0.29) is 0 Å². The van der Waals surface area contributed by atoms with Gasteiger partial charge in [-0.1, -0.05) is 6.92 Å². The molecule has 25 heavy (non-hydrogen) atoms. The van der Waals surface area contributed by atoms with E-state index in [1.807, 2.05) is 11.8 Å². The normalized spacial score (nSPS) is 15.6. The van der Waals surface area contributed by atoms with Crippen LogP contribution in [0.25, 0.3) is 0 Å². The summed E-state index contributed by atoms with van der Waals surface area (Å²) in [4.78, 5) is 16.2. The Balaban J connectivity index is 1.74. The fourth-order valence-electron chi connectivity index (χ4n) is 3.12. The standard InChI is InChI=1S/C17H20F3N5/c1-3-14-12(2)22-11-23-16(14)25-8-6-24(7-9-25)13-4-5-21-15(10-13)17(18,19)20/h4-5,10-11H,3,6-9H2,1-2H3. The van der Waals surface area contributed by atoms with Crippen molar-refractivity contribution in [3.05, 3.63) is 41.6 Å². The van der Waals surface area contributed by atoms with E-state index in [0.717, 1.165) is 29.6 Å². The fraction of sp³-hybridized carbons (Fsp3) is 0.471. The van der Waals surface area contributed by atoms with Crippen LogP contribution in [0.4, 0.5) is 24.7 Å². The molecule has 3 heterocycles. The smallest absolute Gasteiger partial charge is 0.368 e. The highest BCUT2D eigenvalue weighted by Crippen LogP contribution is 2.30. The number of aromatic nitrogens is 3. The van der Waals surface area contributed by atoms with E-state index in [0.29, 0.717) is 31.9 Å². The van der Waals surface area contributed by atoms with Crippen LogP contribution in [0.3, 0.4) is 0 Å². The van der Waals surface area contributed by atoms with Crippen molar-refractivity contribution in [2.45, 2.75) is 26.4 Å². The summed E-state index contributed by atoms with van der Waals surface area (Å²) >= 11 is 0. The summed E-state index contributed by atoms with van der Waals surface area (Å²) in [5.74, 6) is 0.931. The fourth-order valence-corrected chi connectivity index (χ4v) is 3.12. The monoisotopic (exact) mass is 351 g/mol. The second-order valence-electron chi connectivity index (χ2n) is 5.99. The van der Waals surface area contributed by atoms with Crippen LogP contribution in [0.5, 0.6) is 0 Å². The van der Waals surface area contributed by atoms with Crippen LogP contribution in [0, 0.1) is 6.92 Å². The lowest BCUT2D eigenvalue weighted by Gasteiger charge is -2.37. The second kappa shape index (κ2) is 6.85. The maximum absolute atomic E-state index is 12.8. The van der Waals surface area contributed by atoms with Gasteiger partial charge in [0.1, 0.15) is 17.8 Å². The van der Waals surface area contributed by atoms with Crippen molar-refractivity contribution in [3.8, 4) is 0 Å². The molecule has 0 unspecified atom stereocenters. The number of anilines is 2. The summed E-state index contributed by atoms with van der Waals surface area (Å²) in [6.07, 6.45) is -0.796. The first-order valence-corrected chi connectivity index (χ1v) is 8.23. The van der Waals surface area contributed by atoms with Gasteiger partial charge in [-0.15, -0.1) is 0 Å². The Morgan fingerprint density at radius 3 is 2.36 bits per heavy atom. The van der Waals surface area contributed by atoms with E-state index >= 15 is 0 Å². The van der Waals surface area contributed by atoms with Crippen molar-refractivity contribution in [2.75, 3.05) is 36.0 Å². The third-order valence-electron chi connectivity index (χ3n) is 4.47. The molecule has 5 nitrogen and oxygen atoms in total. The van der Waals surface area contributed by atoms with Gasteiger partial charge < -0.3 is 9.80 Å². The SMILES string of the molecule is CCc1c(C)ncnc1N1CCN(c2ccnc(C(F)(F)F)c2)CC1. The molecule has 2 aromatic rings. The summed E-state index contributed by atoms with van der Waals surface area (Å²) in [6, 6.07) is 2.74. The lowest BCUT2D eigenvalue weighted by Crippen LogP contribution is -2.47. The Hall–Kier alpha value is -2.38. The van der Waals surface area contributed by atoms with Gasteiger partial charge >= 0.3 is 6.18 Å². The molecule has 0 aromatic carbocycles. The van der Waals surface area contributed by atoms with Gasteiger partial charge in [-0.05, 0) is 25.5 Å². The highest BCUT2D eigenvalue weighted by molar-refractivity contribution is 5.52. The van der Waals surface area contributed by atoms with Gasteiger partial charge in [0.25, 0.3) is 0 Å². The molecule has 1 saturated heterocycles. The van der Waals surface area contributed by atoms with Crippen molar-refractivity contribution < 1.29 is 13.2 Å². The molecule has 0 radical (unpaired) electrons. The van der Waals surface area contributed by atoms with Crippen molar-refractivity contribution in [1.82, 2.24) is 15.0 Å². The van der Waals surface area contributed by atoms with E-state index in [2.05, 4.69) is 26.8 Å². The maximum Gasteiger partial charge on any atom is 0.433 e. The molecule has 1 aliphatic rings. The molecule has 0 N–H and O–H groups in total. The summed E-state index contributed by atoms with van der Waals surface area (Å²) in [5, 5.41) is 0. The molecular formula is C17H20F3N5. The zero-order chi connectivity index (χ0) is 18.0. The van der Waals surface area contributed by atoms with E-state index < -0.39 is 11.9 Å². The minimum absolute atomic E-state index is 0.552. The van der Waals surface area contributed by atoms with Gasteiger partial charge in [0.15, 0.2) is 0 Å². The Labute approximate surface area is 144 Å². The second-order valence-corrected chi connectivity index (χ2v) is 5.99. The predicted octanol–water partition coefficient (Wildman–Crippen LogP) is 3.09. The first-order valence-electron chi connectivity index (χ1n) is 8.23. The predicted molar refractivity (Wildman–Crippen MR) is 89.8 cm³/mol. The van der Waals surface area contributed by atoms with E-state index in [1.54, 1.807) is 12.4 Å². The zero-order valence-corrected chi connectivity index (χ0v) is 14.2. The van der Waals surface area contributed by atoms with E-state index in [9.17, 15) is 13.2 Å². The number of nitrogens with zero attached hydrogens (tertiary/aromatic N) is 5. The molecule has 0 aliphatic carbocycles. The molecule has 8 heteroatoms. The molecule has 0 bridgehead atoms. The van der Waals surface area contributed by atoms with Crippen LogP contribution in [0.15, 0.2) is 24.7 Å². The summed E-state index contributed by atoms with van der Waals surface area (Å²) in [7, 11) is 0. The molecule has 0 atom stereocenters. The maximum atomic E-state index is 12.8. The van der Waals surface area contributed by atoms with E-state index in [1.165, 1.54) is 6.20 Å². The molecule has 1 aliphatic heterocycles. The zero-order valence-electron chi connectivity index (χ0n) is 14.2. The van der Waals surface area contributed by atoms with Crippen LogP contribution in [0.1, 0.15) is 23.9 Å². The summed E-state index contributed by atoms with van der Waals surface area (Å²) in [5.41, 5.74) is 1.79. The topological polar surface area (TPSA) is 45.2 Å². The Kier molecular flexibility index (Phi) is 4.78. The molecule has 1 fully saturated rings. The average Bonchev–Trinajstić information content (AvgIpc) is 2.61. The molecule has 3 rings (SSSR count). The van der Waals surface area contributed by atoms with Gasteiger partial charge in [0.05, 0.1) is 0 Å². The third kappa shape index (κ3) is 3.67. The Morgan fingerprint density at radius 2 is 1.72 bits per heavy atom. The summed E-state index contributed by atoms with van der Waals surface area (Å²) < 4.78 is 38.5. The lowest BCUT2D eigenvalue weighted by atomic mass is 10.1. The van der Waals surface area contributed by atoms with Crippen molar-refractivity contribution in [3.63, 3.8) is 0 Å². The lowest BCUT2D eigenvalue weighted by molar-refractivity contribution is -0.141. The van der Waals surface area contributed by atoms with Crippen LogP contribution in [-0.2, 0) is 12.6 Å². The average molecular weight is 351 g/mol. The largest absolute Gasteiger partial charge is 0.433 e. The van der Waals surface area contributed by atoms with Crippen molar-refractivity contribution in [1.29, 1.82) is 0 Å². The van der Waals surface area contributed by atoms with Crippen LogP contribution < -0.4 is 9.80 Å². The molecule has 0 saturated carbocycles. The first kappa shape index (κ1) is 17.4. The molecular weight excluding hydrogens is 331 g/mol. The molecule has 0 spiro atoms. The number of piperazine rings is 1. The third-order valence-corrected chi connectivity index (χ3v) is 4.47. The van der Waals surface area contributed by atoms with Gasteiger partial charge in [-0.2, -0.15) is 13.2 Å². The van der Waals surface area contributed by atoms with E-state index in [4.69, 9.17) is 0 Å². The van der Waals surface area contributed by atoms with Crippen molar-refractivity contribution >= 4 is 11.5 Å². The minimum Gasteiger partial charge on any atom is -0.368 e. The quantitative estimate of drug-likeness (QED) is 0.850. The summed E-state index contributed by atoms with van der Waals surface area (Å²) in [6.45, 7) is 6.71. The van der Waals surface area contributed by atoms with Crippen LogP contribution in [-0.4, -0.2) is 41.1 Å².